The van der Waals surface area contributed by atoms with Crippen LogP contribution in [0.2, 0.25) is 0 Å². The number of piperidine rings is 1. The number of rotatable bonds is 5. The van der Waals surface area contributed by atoms with Crippen LogP contribution in [0, 0.1) is 11.8 Å². The third-order valence-corrected chi connectivity index (χ3v) is 3.69. The van der Waals surface area contributed by atoms with Crippen LogP contribution in [0.25, 0.3) is 0 Å². The zero-order valence-corrected chi connectivity index (χ0v) is 11.5. The second kappa shape index (κ2) is 6.73. The number of carboxylic acids is 1. The first-order valence-corrected chi connectivity index (χ1v) is 6.64. The van der Waals surface area contributed by atoms with Crippen molar-refractivity contribution in [1.82, 2.24) is 10.2 Å². The van der Waals surface area contributed by atoms with E-state index >= 15 is 0 Å². The Morgan fingerprint density at radius 1 is 1.28 bits per heavy atom. The van der Waals surface area contributed by atoms with Crippen molar-refractivity contribution in [2.24, 2.45) is 11.8 Å². The normalized spacial score (nSPS) is 19.8. The second-order valence-electron chi connectivity index (χ2n) is 5.49. The van der Waals surface area contributed by atoms with Crippen LogP contribution in [0.1, 0.15) is 33.6 Å². The van der Waals surface area contributed by atoms with E-state index in [4.69, 9.17) is 5.11 Å². The summed E-state index contributed by atoms with van der Waals surface area (Å²) in [7, 11) is 0. The van der Waals surface area contributed by atoms with Crippen LogP contribution in [0.15, 0.2) is 0 Å². The van der Waals surface area contributed by atoms with Crippen molar-refractivity contribution < 1.29 is 14.7 Å². The molecule has 1 heterocycles. The van der Waals surface area contributed by atoms with Gasteiger partial charge in [-0.2, -0.15) is 0 Å². The van der Waals surface area contributed by atoms with E-state index in [1.807, 2.05) is 11.8 Å². The van der Waals surface area contributed by atoms with Crippen molar-refractivity contribution in [1.29, 1.82) is 0 Å². The summed E-state index contributed by atoms with van der Waals surface area (Å²) in [5.74, 6) is -0.497. The minimum atomic E-state index is -0.715. The molecule has 0 aromatic heterocycles. The van der Waals surface area contributed by atoms with Crippen LogP contribution in [0.5, 0.6) is 0 Å². The standard InChI is InChI=1S/C13H24N2O3/c1-9(2)10(3)14-12(16)8-15-6-4-11(5-7-15)13(17)18/h9-11H,4-8H2,1-3H3,(H,14,16)(H,17,18). The van der Waals surface area contributed by atoms with Gasteiger partial charge >= 0.3 is 5.97 Å². The van der Waals surface area contributed by atoms with E-state index in [-0.39, 0.29) is 17.9 Å². The third kappa shape index (κ3) is 4.64. The monoisotopic (exact) mass is 256 g/mol. The quantitative estimate of drug-likeness (QED) is 0.768. The van der Waals surface area contributed by atoms with Crippen LogP contribution >= 0.6 is 0 Å². The zero-order chi connectivity index (χ0) is 13.7. The summed E-state index contributed by atoms with van der Waals surface area (Å²) in [6.07, 6.45) is 1.28. The maximum Gasteiger partial charge on any atom is 0.306 e. The number of nitrogens with one attached hydrogen (secondary N) is 1. The summed E-state index contributed by atoms with van der Waals surface area (Å²) >= 11 is 0. The predicted molar refractivity (Wildman–Crippen MR) is 69.2 cm³/mol. The number of hydrogen-bond donors (Lipinski definition) is 2. The van der Waals surface area contributed by atoms with E-state index in [2.05, 4.69) is 19.2 Å². The molecule has 1 aliphatic heterocycles. The highest BCUT2D eigenvalue weighted by Crippen LogP contribution is 2.16. The van der Waals surface area contributed by atoms with Gasteiger partial charge in [0.1, 0.15) is 0 Å². The first kappa shape index (κ1) is 15.0. The fourth-order valence-corrected chi connectivity index (χ4v) is 2.01. The summed E-state index contributed by atoms with van der Waals surface area (Å²) in [5, 5.41) is 11.9. The van der Waals surface area contributed by atoms with E-state index in [0.717, 1.165) is 0 Å². The molecule has 5 heteroatoms. The van der Waals surface area contributed by atoms with Gasteiger partial charge in [0.25, 0.3) is 0 Å². The van der Waals surface area contributed by atoms with Crippen LogP contribution in [-0.4, -0.2) is 47.6 Å². The lowest BCUT2D eigenvalue weighted by molar-refractivity contribution is -0.143. The average Bonchev–Trinajstić information content (AvgIpc) is 2.29. The minimum absolute atomic E-state index is 0.0324. The minimum Gasteiger partial charge on any atom is -0.481 e. The average molecular weight is 256 g/mol. The molecule has 0 bridgehead atoms. The predicted octanol–water partition coefficient (Wildman–Crippen LogP) is 0.944. The highest BCUT2D eigenvalue weighted by molar-refractivity contribution is 5.78. The van der Waals surface area contributed by atoms with Gasteiger partial charge in [-0.25, -0.2) is 0 Å². The van der Waals surface area contributed by atoms with Gasteiger partial charge < -0.3 is 10.4 Å². The van der Waals surface area contributed by atoms with Crippen molar-refractivity contribution in [2.45, 2.75) is 39.7 Å². The molecule has 18 heavy (non-hydrogen) atoms. The molecular formula is C13H24N2O3. The van der Waals surface area contributed by atoms with Crippen LogP contribution in [0.3, 0.4) is 0 Å². The Labute approximate surface area is 109 Å². The van der Waals surface area contributed by atoms with Crippen molar-refractivity contribution in [2.75, 3.05) is 19.6 Å². The van der Waals surface area contributed by atoms with E-state index in [1.54, 1.807) is 0 Å². The molecule has 5 nitrogen and oxygen atoms in total. The topological polar surface area (TPSA) is 69.6 Å². The number of carbonyl (C=O) groups is 2. The highest BCUT2D eigenvalue weighted by Gasteiger charge is 2.25. The highest BCUT2D eigenvalue weighted by atomic mass is 16.4. The molecule has 1 fully saturated rings. The Morgan fingerprint density at radius 2 is 1.83 bits per heavy atom. The van der Waals surface area contributed by atoms with E-state index in [9.17, 15) is 9.59 Å². The molecule has 1 unspecified atom stereocenters. The van der Waals surface area contributed by atoms with Gasteiger partial charge in [0.05, 0.1) is 12.5 Å². The number of likely N-dealkylation sites (tertiary alicyclic amines) is 1. The van der Waals surface area contributed by atoms with Crippen LogP contribution in [-0.2, 0) is 9.59 Å². The second-order valence-corrected chi connectivity index (χ2v) is 5.49. The molecule has 1 rings (SSSR count). The number of nitrogens with zero attached hydrogens (tertiary/aromatic N) is 1. The summed E-state index contributed by atoms with van der Waals surface area (Å²) in [6, 6.07) is 0.175. The zero-order valence-electron chi connectivity index (χ0n) is 11.5. The van der Waals surface area contributed by atoms with E-state index in [1.165, 1.54) is 0 Å². The largest absolute Gasteiger partial charge is 0.481 e. The Bertz CT molecular complexity index is 297. The van der Waals surface area contributed by atoms with Gasteiger partial charge in [0.15, 0.2) is 0 Å². The molecule has 1 atom stereocenters. The van der Waals surface area contributed by atoms with Gasteiger partial charge in [-0.15, -0.1) is 0 Å². The van der Waals surface area contributed by atoms with E-state index in [0.29, 0.717) is 38.4 Å². The van der Waals surface area contributed by atoms with Gasteiger partial charge in [0, 0.05) is 6.04 Å². The smallest absolute Gasteiger partial charge is 0.306 e. The fraction of sp³-hybridized carbons (Fsp3) is 0.846. The molecule has 0 aromatic rings. The molecular weight excluding hydrogens is 232 g/mol. The lowest BCUT2D eigenvalue weighted by Gasteiger charge is -2.30. The van der Waals surface area contributed by atoms with Crippen molar-refractivity contribution in [3.05, 3.63) is 0 Å². The first-order valence-electron chi connectivity index (χ1n) is 6.64. The molecule has 0 aromatic carbocycles. The van der Waals surface area contributed by atoms with Crippen LogP contribution < -0.4 is 5.32 Å². The maximum atomic E-state index is 11.8. The summed E-state index contributed by atoms with van der Waals surface area (Å²) in [5.41, 5.74) is 0. The van der Waals surface area contributed by atoms with Gasteiger partial charge in [-0.05, 0) is 38.8 Å². The number of amides is 1. The summed E-state index contributed by atoms with van der Waals surface area (Å²) < 4.78 is 0. The third-order valence-electron chi connectivity index (χ3n) is 3.69. The van der Waals surface area contributed by atoms with Crippen molar-refractivity contribution in [3.8, 4) is 0 Å². The summed E-state index contributed by atoms with van der Waals surface area (Å²) in [6.45, 7) is 7.91. The lowest BCUT2D eigenvalue weighted by atomic mass is 9.97. The summed E-state index contributed by atoms with van der Waals surface area (Å²) in [4.78, 5) is 24.6. The molecule has 0 spiro atoms. The molecule has 0 saturated carbocycles. The lowest BCUT2D eigenvalue weighted by Crippen LogP contribution is -2.45. The molecule has 0 radical (unpaired) electrons. The number of aliphatic carboxylic acids is 1. The first-order chi connectivity index (χ1) is 8.40. The van der Waals surface area contributed by atoms with Gasteiger partial charge in [0.2, 0.25) is 5.91 Å². The van der Waals surface area contributed by atoms with Crippen molar-refractivity contribution >= 4 is 11.9 Å². The SMILES string of the molecule is CC(C)C(C)NC(=O)CN1CCC(C(=O)O)CC1. The number of hydrogen-bond acceptors (Lipinski definition) is 3. The molecule has 1 amide bonds. The maximum absolute atomic E-state index is 11.8. The molecule has 2 N–H and O–H groups in total. The number of carbonyl (C=O) groups excluding carboxylic acids is 1. The van der Waals surface area contributed by atoms with Crippen molar-refractivity contribution in [3.63, 3.8) is 0 Å². The van der Waals surface area contributed by atoms with Crippen LogP contribution in [0.4, 0.5) is 0 Å². The Kier molecular flexibility index (Phi) is 5.59. The van der Waals surface area contributed by atoms with Gasteiger partial charge in [-0.1, -0.05) is 13.8 Å². The Morgan fingerprint density at radius 3 is 2.28 bits per heavy atom. The van der Waals surface area contributed by atoms with E-state index < -0.39 is 5.97 Å². The molecule has 0 aliphatic carbocycles. The number of carboxylic acid groups (broad SMARTS) is 1. The van der Waals surface area contributed by atoms with Gasteiger partial charge in [-0.3, -0.25) is 14.5 Å². The fourth-order valence-electron chi connectivity index (χ4n) is 2.01. The molecule has 1 saturated heterocycles. The molecule has 1 aliphatic rings. The Balaban J connectivity index is 2.28. The Hall–Kier alpha value is -1.10. The molecule has 104 valence electrons.